The second-order valence-electron chi connectivity index (χ2n) is 27.5. The van der Waals surface area contributed by atoms with Crippen molar-refractivity contribution in [2.24, 2.45) is 28.7 Å². The van der Waals surface area contributed by atoms with Gasteiger partial charge in [-0.05, 0) is 158 Å². The molecule has 7 rings (SSSR count). The summed E-state index contributed by atoms with van der Waals surface area (Å²) >= 11 is 6.18. The van der Waals surface area contributed by atoms with Crippen molar-refractivity contribution in [3.05, 3.63) is 117 Å². The standard InChI is InChI=1S/C70H110ClF6N11/c1-13-48(4)65-41-82-64(37-47(2)3)52(8)80-42-66-49(5)43-88(66)67(57-19-14-15-20-57)53(9)84-68(31-16-17-32-68)46-79-35-34-78-33-30-59(28-24-56-25-29-62(63(71)39-56)70(75,76)77)81-40-50(6)85(11)45-61(38-55-22-26-58(27-23-55)69(72,73)74)86(12)44-60-21-18-36-87(60)54(10)51(7)83-65/h22-23,25-27,29-30,33,39-40,44-45,47-49,51-54,57,64-67,79-84H,13-21,24,28,31-32,34-38,41-43,46H2,1-12H3/t48-,49+,51?,52?,53?,54-,64-,65+,66?,67+/m0/s1. The van der Waals surface area contributed by atoms with Crippen molar-refractivity contribution in [2.45, 2.75) is 232 Å². The predicted octanol–water partition coefficient (Wildman–Crippen LogP) is 14.1. The van der Waals surface area contributed by atoms with Gasteiger partial charge < -0.3 is 46.6 Å². The molecular formula is C70H110ClF6N11. The summed E-state index contributed by atoms with van der Waals surface area (Å²) in [4.78, 5) is 14.4. The number of halogens is 7. The highest BCUT2D eigenvalue weighted by atomic mass is 35.5. The summed E-state index contributed by atoms with van der Waals surface area (Å²) < 4.78 is 82.4. The lowest BCUT2D eigenvalue weighted by Gasteiger charge is -2.55. The van der Waals surface area contributed by atoms with Crippen LogP contribution >= 0.6 is 11.6 Å². The van der Waals surface area contributed by atoms with Gasteiger partial charge in [-0.2, -0.15) is 26.3 Å². The van der Waals surface area contributed by atoms with Crippen LogP contribution in [0.5, 0.6) is 0 Å². The van der Waals surface area contributed by atoms with Gasteiger partial charge in [-0.1, -0.05) is 96.5 Å². The quantitative estimate of drug-likeness (QED) is 0.129. The highest BCUT2D eigenvalue weighted by Gasteiger charge is 2.47. The van der Waals surface area contributed by atoms with Crippen LogP contribution in [0.1, 0.15) is 175 Å². The Kier molecular flexibility index (Phi) is 26.7. The molecule has 2 aromatic carbocycles. The Labute approximate surface area is 530 Å². The normalized spacial score (nSPS) is 28.5. The van der Waals surface area contributed by atoms with Crippen LogP contribution in [-0.4, -0.2) is 140 Å². The largest absolute Gasteiger partial charge is 0.417 e. The van der Waals surface area contributed by atoms with E-state index < -0.39 is 23.5 Å². The van der Waals surface area contributed by atoms with Crippen LogP contribution in [0.3, 0.4) is 0 Å². The lowest BCUT2D eigenvalue weighted by atomic mass is 9.80. The van der Waals surface area contributed by atoms with Crippen molar-refractivity contribution < 1.29 is 26.3 Å². The molecule has 2 saturated carbocycles. The van der Waals surface area contributed by atoms with E-state index in [1.54, 1.807) is 18.3 Å². The van der Waals surface area contributed by atoms with Crippen LogP contribution in [0.15, 0.2) is 94.9 Å². The van der Waals surface area contributed by atoms with E-state index in [0.29, 0.717) is 85.8 Å². The number of fused-ring (bicyclic) bond motifs is 2. The second-order valence-corrected chi connectivity index (χ2v) is 27.9. The highest BCUT2D eigenvalue weighted by Crippen LogP contribution is 2.40. The number of allylic oxidation sites excluding steroid dienone is 5. The molecule has 88 heavy (non-hydrogen) atoms. The van der Waals surface area contributed by atoms with Gasteiger partial charge in [0.15, 0.2) is 0 Å². The Balaban J connectivity index is 1.20. The van der Waals surface area contributed by atoms with Gasteiger partial charge in [0, 0.05) is 161 Å². The molecule has 5 aliphatic rings. The number of nitrogens with one attached hydrogen (secondary N) is 6. The molecule has 18 heteroatoms. The van der Waals surface area contributed by atoms with E-state index in [-0.39, 0.29) is 34.7 Å². The van der Waals surface area contributed by atoms with E-state index in [1.807, 2.05) is 44.4 Å². The fourth-order valence-corrected chi connectivity index (χ4v) is 14.8. The van der Waals surface area contributed by atoms with Crippen molar-refractivity contribution in [1.29, 1.82) is 0 Å². The number of likely N-dealkylation sites (N-methyl/N-ethyl adjacent to an activating group) is 1. The number of benzene rings is 2. The summed E-state index contributed by atoms with van der Waals surface area (Å²) in [5.41, 5.74) is 3.61. The molecule has 0 aromatic heterocycles. The van der Waals surface area contributed by atoms with Gasteiger partial charge in [0.25, 0.3) is 0 Å². The van der Waals surface area contributed by atoms with E-state index in [9.17, 15) is 26.3 Å². The summed E-state index contributed by atoms with van der Waals surface area (Å²) in [6, 6.07) is 11.8. The molecule has 0 amide bonds. The van der Waals surface area contributed by atoms with Gasteiger partial charge in [0.2, 0.25) is 0 Å². The van der Waals surface area contributed by atoms with Crippen LogP contribution in [0.4, 0.5) is 26.3 Å². The number of alkyl halides is 6. The molecule has 3 aliphatic heterocycles. The first-order valence-corrected chi connectivity index (χ1v) is 33.9. The monoisotopic (exact) mass is 1250 g/mol. The number of aliphatic imine (C=N–C) groups is 1. The van der Waals surface area contributed by atoms with Gasteiger partial charge in [0.05, 0.1) is 22.7 Å². The Morgan fingerprint density at radius 2 is 1.50 bits per heavy atom. The third kappa shape index (κ3) is 20.2. The lowest BCUT2D eigenvalue weighted by molar-refractivity contribution is -0.138. The Hall–Kier alpha value is -4.10. The average Bonchev–Trinajstić information content (AvgIpc) is 1.36. The summed E-state index contributed by atoms with van der Waals surface area (Å²) in [5.74, 6) is 2.29. The van der Waals surface area contributed by atoms with Crippen LogP contribution in [0.2, 0.25) is 5.02 Å². The number of aryl methyl sites for hydroxylation is 1. The first-order chi connectivity index (χ1) is 41.7. The lowest BCUT2D eigenvalue weighted by Crippen LogP contribution is -2.70. The first-order valence-electron chi connectivity index (χ1n) is 33.5. The second kappa shape index (κ2) is 33.0. The van der Waals surface area contributed by atoms with E-state index in [4.69, 9.17) is 16.6 Å². The molecule has 1 spiro atoms. The Bertz CT molecular complexity index is 2620. The maximum Gasteiger partial charge on any atom is 0.417 e. The zero-order valence-corrected chi connectivity index (χ0v) is 56.1. The predicted molar refractivity (Wildman–Crippen MR) is 352 cm³/mol. The Morgan fingerprint density at radius 3 is 2.15 bits per heavy atom. The molecule has 10 atom stereocenters. The maximum atomic E-state index is 13.8. The molecule has 2 aromatic rings. The van der Waals surface area contributed by atoms with Crippen LogP contribution in [0.25, 0.3) is 0 Å². The van der Waals surface area contributed by atoms with Crippen molar-refractivity contribution in [3.63, 3.8) is 0 Å². The zero-order valence-electron chi connectivity index (χ0n) is 55.3. The van der Waals surface area contributed by atoms with Crippen LogP contribution in [-0.2, 0) is 25.2 Å². The number of hydrogen-bond donors (Lipinski definition) is 6. The fraction of sp³-hybridized carbons (Fsp3) is 0.700. The Morgan fingerprint density at radius 1 is 0.795 bits per heavy atom. The van der Waals surface area contributed by atoms with Gasteiger partial charge >= 0.3 is 12.4 Å². The average molecular weight is 1260 g/mol. The topological polar surface area (TPSA) is 97.5 Å². The molecule has 494 valence electrons. The smallest absolute Gasteiger partial charge is 0.369 e. The molecule has 0 bridgehead atoms. The van der Waals surface area contributed by atoms with Crippen LogP contribution in [0, 0.1) is 23.7 Å². The number of rotatable bonds is 10. The van der Waals surface area contributed by atoms with E-state index >= 15 is 0 Å². The zero-order chi connectivity index (χ0) is 63.9. The molecule has 3 heterocycles. The maximum absolute atomic E-state index is 13.8. The van der Waals surface area contributed by atoms with Crippen LogP contribution < -0.4 is 31.9 Å². The van der Waals surface area contributed by atoms with Gasteiger partial charge in [-0.15, -0.1) is 0 Å². The summed E-state index contributed by atoms with van der Waals surface area (Å²) in [5, 5.41) is 23.8. The van der Waals surface area contributed by atoms with Gasteiger partial charge in [-0.25, -0.2) is 0 Å². The summed E-state index contributed by atoms with van der Waals surface area (Å²) in [7, 11) is 3.96. The minimum Gasteiger partial charge on any atom is -0.369 e. The molecule has 2 saturated heterocycles. The minimum atomic E-state index is -4.55. The molecule has 11 nitrogen and oxygen atoms in total. The summed E-state index contributed by atoms with van der Waals surface area (Å²) in [6.45, 7) is 29.4. The molecule has 0 radical (unpaired) electrons. The van der Waals surface area contributed by atoms with Crippen molar-refractivity contribution in [1.82, 2.24) is 51.5 Å². The van der Waals surface area contributed by atoms with E-state index in [2.05, 4.69) is 115 Å². The molecule has 4 fully saturated rings. The number of hydrogen-bond acceptors (Lipinski definition) is 11. The fourth-order valence-electron chi connectivity index (χ4n) is 14.5. The third-order valence-corrected chi connectivity index (χ3v) is 20.7. The highest BCUT2D eigenvalue weighted by molar-refractivity contribution is 6.31. The van der Waals surface area contributed by atoms with Crippen molar-refractivity contribution >= 4 is 17.8 Å². The van der Waals surface area contributed by atoms with Gasteiger partial charge in [-0.3, -0.25) is 9.89 Å². The van der Waals surface area contributed by atoms with Crippen molar-refractivity contribution in [2.75, 3.05) is 59.9 Å². The molecule has 6 N–H and O–H groups in total. The minimum absolute atomic E-state index is 0.0141. The summed E-state index contributed by atoms with van der Waals surface area (Å²) in [6.07, 6.45) is 16.1. The first kappa shape index (κ1) is 71.3. The molecular weight excluding hydrogens is 1140 g/mol. The number of nitrogens with zero attached hydrogens (tertiary/aromatic N) is 5. The van der Waals surface area contributed by atoms with Crippen molar-refractivity contribution in [3.8, 4) is 0 Å². The van der Waals surface area contributed by atoms with E-state index in [0.717, 1.165) is 112 Å². The SMILES string of the molecule is CC[C@H](C)[C@H]1CN[C@@H](CC(C)C)C(C)NCC2[C@H](C)CN2[C@@H](C2CCCC2)C(C)NC2(CCCC2)CNCCN=CC=C(CCc2ccc(C(F)(F)F)c(Cl)c2)NC=C(C)N(C)C=C(Cc2ccc(C(F)(F)F)cc2)N(C)C=C2CCCN2[C@@H](C)C(C)N1. The third-order valence-electron chi connectivity index (χ3n) is 20.4. The van der Waals surface area contributed by atoms with Gasteiger partial charge in [0.1, 0.15) is 0 Å². The van der Waals surface area contributed by atoms with E-state index in [1.165, 1.54) is 56.4 Å². The molecule has 2 aliphatic carbocycles. The molecule has 4 unspecified atom stereocenters.